The van der Waals surface area contributed by atoms with Crippen LogP contribution in [0.2, 0.25) is 0 Å². The van der Waals surface area contributed by atoms with Gasteiger partial charge in [0.25, 0.3) is 0 Å². The molecule has 0 saturated carbocycles. The maximum atomic E-state index is 10.8. The van der Waals surface area contributed by atoms with Gasteiger partial charge in [-0.1, -0.05) is 6.92 Å². The molecule has 0 aliphatic carbocycles. The Morgan fingerprint density at radius 2 is 2.00 bits per heavy atom. The zero-order valence-corrected chi connectivity index (χ0v) is 7.78. The summed E-state index contributed by atoms with van der Waals surface area (Å²) >= 11 is 0. The Hall–Kier alpha value is -1.10. The van der Waals surface area contributed by atoms with Gasteiger partial charge in [-0.25, -0.2) is 0 Å². The number of carbonyl (C=O) groups is 2. The molecule has 0 rings (SSSR count). The third-order valence-corrected chi connectivity index (χ3v) is 2.13. The molecule has 4 N–H and O–H groups in total. The van der Waals surface area contributed by atoms with Gasteiger partial charge in [0.2, 0.25) is 5.91 Å². The molecule has 5 heteroatoms. The average Bonchev–Trinajstić information content (AvgIpc) is 2.03. The van der Waals surface area contributed by atoms with Gasteiger partial charge in [-0.3, -0.25) is 9.59 Å². The van der Waals surface area contributed by atoms with Crippen LogP contribution in [0, 0.1) is 5.41 Å². The Bertz CT molecular complexity index is 200. The number of hydrogen-bond donors (Lipinski definition) is 3. The Morgan fingerprint density at radius 1 is 1.54 bits per heavy atom. The van der Waals surface area contributed by atoms with E-state index in [9.17, 15) is 14.7 Å². The van der Waals surface area contributed by atoms with Crippen LogP contribution < -0.4 is 5.73 Å². The summed E-state index contributed by atoms with van der Waals surface area (Å²) in [5.41, 5.74) is 3.27. The minimum Gasteiger partial charge on any atom is -0.480 e. The first-order chi connectivity index (χ1) is 5.84. The molecule has 13 heavy (non-hydrogen) atoms. The van der Waals surface area contributed by atoms with Crippen molar-refractivity contribution in [2.75, 3.05) is 0 Å². The lowest BCUT2D eigenvalue weighted by Crippen LogP contribution is -2.43. The number of rotatable bonds is 5. The van der Waals surface area contributed by atoms with E-state index in [4.69, 9.17) is 10.8 Å². The van der Waals surface area contributed by atoms with Crippen LogP contribution in [0.25, 0.3) is 0 Å². The maximum absolute atomic E-state index is 10.8. The minimum absolute atomic E-state index is 0.145. The molecule has 0 aromatic carbocycles. The van der Waals surface area contributed by atoms with E-state index in [1.165, 1.54) is 6.92 Å². The molecule has 76 valence electrons. The van der Waals surface area contributed by atoms with Crippen molar-refractivity contribution in [3.63, 3.8) is 0 Å². The highest BCUT2D eigenvalue weighted by Gasteiger charge is 2.40. The molecule has 0 bridgehead atoms. The standard InChI is InChI=1S/C8H15NO4/c1-3-5(10)4-8(2,6(9)11)7(12)13/h5,10H,3-4H2,1-2H3,(H2,9,11)(H,12,13). The monoisotopic (exact) mass is 189 g/mol. The van der Waals surface area contributed by atoms with Crippen molar-refractivity contribution in [1.29, 1.82) is 0 Å². The molecule has 0 radical (unpaired) electrons. The molecule has 0 saturated heterocycles. The molecule has 1 amide bonds. The normalized spacial score (nSPS) is 17.5. The van der Waals surface area contributed by atoms with E-state index in [0.717, 1.165) is 0 Å². The highest BCUT2D eigenvalue weighted by atomic mass is 16.4. The van der Waals surface area contributed by atoms with Crippen LogP contribution in [0.15, 0.2) is 0 Å². The van der Waals surface area contributed by atoms with Crippen LogP contribution >= 0.6 is 0 Å². The van der Waals surface area contributed by atoms with Crippen LogP contribution in [0.1, 0.15) is 26.7 Å². The van der Waals surface area contributed by atoms with Crippen LogP contribution in [0.5, 0.6) is 0 Å². The summed E-state index contributed by atoms with van der Waals surface area (Å²) in [6.07, 6.45) is -0.557. The summed E-state index contributed by atoms with van der Waals surface area (Å²) < 4.78 is 0. The van der Waals surface area contributed by atoms with E-state index in [2.05, 4.69) is 0 Å². The van der Waals surface area contributed by atoms with Gasteiger partial charge < -0.3 is 15.9 Å². The number of aliphatic hydroxyl groups excluding tert-OH is 1. The van der Waals surface area contributed by atoms with Crippen molar-refractivity contribution in [3.8, 4) is 0 Å². The molecular formula is C8H15NO4. The summed E-state index contributed by atoms with van der Waals surface area (Å²) in [4.78, 5) is 21.5. The maximum Gasteiger partial charge on any atom is 0.319 e. The van der Waals surface area contributed by atoms with E-state index >= 15 is 0 Å². The van der Waals surface area contributed by atoms with Gasteiger partial charge in [-0.15, -0.1) is 0 Å². The highest BCUT2D eigenvalue weighted by Crippen LogP contribution is 2.24. The smallest absolute Gasteiger partial charge is 0.319 e. The summed E-state index contributed by atoms with van der Waals surface area (Å²) in [6.45, 7) is 2.92. The van der Waals surface area contributed by atoms with Crippen molar-refractivity contribution in [3.05, 3.63) is 0 Å². The van der Waals surface area contributed by atoms with Crippen LogP contribution in [-0.2, 0) is 9.59 Å². The SMILES string of the molecule is CCC(O)CC(C)(C(N)=O)C(=O)O. The second kappa shape index (κ2) is 4.23. The van der Waals surface area contributed by atoms with Crippen molar-refractivity contribution in [2.45, 2.75) is 32.8 Å². The second-order valence-electron chi connectivity index (χ2n) is 3.27. The molecule has 0 aromatic heterocycles. The molecule has 0 heterocycles. The van der Waals surface area contributed by atoms with E-state index in [1.807, 2.05) is 0 Å². The van der Waals surface area contributed by atoms with E-state index < -0.39 is 23.4 Å². The third kappa shape index (κ3) is 2.69. The number of nitrogens with two attached hydrogens (primary N) is 1. The van der Waals surface area contributed by atoms with Crippen LogP contribution in [-0.4, -0.2) is 28.2 Å². The zero-order chi connectivity index (χ0) is 10.6. The van der Waals surface area contributed by atoms with Gasteiger partial charge in [0.05, 0.1) is 6.10 Å². The molecule has 0 aromatic rings. The Morgan fingerprint density at radius 3 is 2.23 bits per heavy atom. The quantitative estimate of drug-likeness (QED) is 0.518. The Kier molecular flexibility index (Phi) is 3.87. The first-order valence-electron chi connectivity index (χ1n) is 4.06. The number of carboxylic acids is 1. The number of primary amides is 1. The van der Waals surface area contributed by atoms with E-state index in [0.29, 0.717) is 6.42 Å². The zero-order valence-electron chi connectivity index (χ0n) is 7.78. The number of carbonyl (C=O) groups excluding carboxylic acids is 1. The topological polar surface area (TPSA) is 101 Å². The Balaban J connectivity index is 4.61. The Labute approximate surface area is 76.5 Å². The summed E-state index contributed by atoms with van der Waals surface area (Å²) in [5.74, 6) is -2.22. The second-order valence-corrected chi connectivity index (χ2v) is 3.27. The summed E-state index contributed by atoms with van der Waals surface area (Å²) in [7, 11) is 0. The molecule has 2 unspecified atom stereocenters. The first-order valence-corrected chi connectivity index (χ1v) is 4.06. The number of aliphatic hydroxyl groups is 1. The lowest BCUT2D eigenvalue weighted by Gasteiger charge is -2.23. The molecule has 0 spiro atoms. The van der Waals surface area contributed by atoms with Gasteiger partial charge in [0, 0.05) is 0 Å². The molecule has 0 fully saturated rings. The number of aliphatic carboxylic acids is 1. The van der Waals surface area contributed by atoms with Gasteiger partial charge in [0.15, 0.2) is 0 Å². The fourth-order valence-electron chi connectivity index (χ4n) is 0.909. The minimum atomic E-state index is -1.67. The molecule has 2 atom stereocenters. The van der Waals surface area contributed by atoms with Gasteiger partial charge in [-0.2, -0.15) is 0 Å². The van der Waals surface area contributed by atoms with Crippen molar-refractivity contribution >= 4 is 11.9 Å². The number of amides is 1. The van der Waals surface area contributed by atoms with Gasteiger partial charge >= 0.3 is 5.97 Å². The lowest BCUT2D eigenvalue weighted by atomic mass is 9.83. The van der Waals surface area contributed by atoms with E-state index in [1.54, 1.807) is 6.92 Å². The molecular weight excluding hydrogens is 174 g/mol. The fraction of sp³-hybridized carbons (Fsp3) is 0.750. The fourth-order valence-corrected chi connectivity index (χ4v) is 0.909. The van der Waals surface area contributed by atoms with Gasteiger partial charge in [-0.05, 0) is 19.8 Å². The number of carboxylic acid groups (broad SMARTS) is 1. The van der Waals surface area contributed by atoms with Crippen LogP contribution in [0.4, 0.5) is 0 Å². The predicted molar refractivity (Wildman–Crippen MR) is 45.9 cm³/mol. The largest absolute Gasteiger partial charge is 0.480 e. The number of hydrogen-bond acceptors (Lipinski definition) is 3. The molecule has 0 aliphatic heterocycles. The molecule has 0 aliphatic rings. The van der Waals surface area contributed by atoms with Crippen molar-refractivity contribution in [1.82, 2.24) is 0 Å². The van der Waals surface area contributed by atoms with E-state index in [-0.39, 0.29) is 6.42 Å². The first kappa shape index (κ1) is 11.9. The highest BCUT2D eigenvalue weighted by molar-refractivity contribution is 6.00. The third-order valence-electron chi connectivity index (χ3n) is 2.13. The summed E-state index contributed by atoms with van der Waals surface area (Å²) in [5, 5.41) is 18.0. The van der Waals surface area contributed by atoms with Crippen molar-refractivity contribution < 1.29 is 19.8 Å². The predicted octanol–water partition coefficient (Wildman–Crippen LogP) is -0.276. The average molecular weight is 189 g/mol. The lowest BCUT2D eigenvalue weighted by molar-refractivity contribution is -0.155. The van der Waals surface area contributed by atoms with Gasteiger partial charge in [0.1, 0.15) is 5.41 Å². The molecule has 5 nitrogen and oxygen atoms in total. The van der Waals surface area contributed by atoms with Crippen LogP contribution in [0.3, 0.4) is 0 Å². The van der Waals surface area contributed by atoms with Crippen molar-refractivity contribution in [2.24, 2.45) is 11.1 Å². The summed E-state index contributed by atoms with van der Waals surface area (Å²) in [6, 6.07) is 0.